The Morgan fingerprint density at radius 2 is 2.44 bits per heavy atom. The van der Waals surface area contributed by atoms with E-state index in [-0.39, 0.29) is 18.2 Å². The largest absolute Gasteiger partial charge is 0.481 e. The van der Waals surface area contributed by atoms with Crippen LogP contribution in [0, 0.1) is 5.92 Å². The Morgan fingerprint density at radius 3 is 3.06 bits per heavy atom. The van der Waals surface area contributed by atoms with Crippen LogP contribution in [0.1, 0.15) is 12.1 Å². The fourth-order valence-electron chi connectivity index (χ4n) is 1.96. The summed E-state index contributed by atoms with van der Waals surface area (Å²) in [6, 6.07) is 0. The molecule has 1 amide bonds. The van der Waals surface area contributed by atoms with Gasteiger partial charge in [0, 0.05) is 11.9 Å². The molecule has 0 aromatic carbocycles. The minimum Gasteiger partial charge on any atom is -0.481 e. The van der Waals surface area contributed by atoms with Gasteiger partial charge in [0.1, 0.15) is 0 Å². The highest BCUT2D eigenvalue weighted by atomic mass is 32.1. The quantitative estimate of drug-likeness (QED) is 0.839. The summed E-state index contributed by atoms with van der Waals surface area (Å²) in [6.45, 7) is 1.69. The Balaban J connectivity index is 1.91. The average Bonchev–Trinajstić information content (AvgIpc) is 2.87. The predicted octanol–water partition coefficient (Wildman–Crippen LogP) is 0.660. The van der Waals surface area contributed by atoms with Crippen molar-refractivity contribution in [3.05, 3.63) is 11.1 Å². The van der Waals surface area contributed by atoms with E-state index in [1.54, 1.807) is 5.38 Å². The number of hydrogen-bond acceptors (Lipinski definition) is 5. The zero-order chi connectivity index (χ0) is 13.1. The van der Waals surface area contributed by atoms with Gasteiger partial charge in [0.05, 0.1) is 18.0 Å². The van der Waals surface area contributed by atoms with Crippen molar-refractivity contribution in [3.8, 4) is 0 Å². The first-order valence-electron chi connectivity index (χ1n) is 5.70. The number of thiazole rings is 1. The predicted molar refractivity (Wildman–Crippen MR) is 67.7 cm³/mol. The van der Waals surface area contributed by atoms with Crippen LogP contribution in [-0.4, -0.2) is 47.0 Å². The maximum Gasteiger partial charge on any atom is 0.309 e. The molecule has 1 aromatic rings. The Kier molecular flexibility index (Phi) is 3.93. The first-order chi connectivity index (χ1) is 8.54. The van der Waals surface area contributed by atoms with Crippen molar-refractivity contribution < 1.29 is 14.7 Å². The van der Waals surface area contributed by atoms with Crippen LogP contribution in [0.5, 0.6) is 0 Å². The summed E-state index contributed by atoms with van der Waals surface area (Å²) in [7, 11) is 1.99. The van der Waals surface area contributed by atoms with Gasteiger partial charge in [-0.2, -0.15) is 0 Å². The second-order valence-electron chi connectivity index (χ2n) is 4.45. The molecule has 6 nitrogen and oxygen atoms in total. The molecule has 18 heavy (non-hydrogen) atoms. The highest BCUT2D eigenvalue weighted by Gasteiger charge is 2.26. The number of aliphatic carboxylic acids is 1. The monoisotopic (exact) mass is 269 g/mol. The first kappa shape index (κ1) is 13.0. The number of hydrogen-bond donors (Lipinski definition) is 2. The van der Waals surface area contributed by atoms with Gasteiger partial charge in [-0.25, -0.2) is 4.98 Å². The van der Waals surface area contributed by atoms with Gasteiger partial charge in [-0.15, -0.1) is 11.3 Å². The maximum absolute atomic E-state index is 11.9. The minimum atomic E-state index is -0.921. The second kappa shape index (κ2) is 5.45. The highest BCUT2D eigenvalue weighted by molar-refractivity contribution is 7.13. The van der Waals surface area contributed by atoms with Gasteiger partial charge in [0.25, 0.3) is 0 Å². The van der Waals surface area contributed by atoms with Crippen LogP contribution >= 0.6 is 11.3 Å². The lowest BCUT2D eigenvalue weighted by molar-refractivity contribution is -0.136. The Morgan fingerprint density at radius 1 is 1.67 bits per heavy atom. The van der Waals surface area contributed by atoms with Crippen molar-refractivity contribution in [1.29, 1.82) is 0 Å². The van der Waals surface area contributed by atoms with E-state index in [1.807, 2.05) is 7.05 Å². The number of amides is 1. The zero-order valence-corrected chi connectivity index (χ0v) is 10.9. The number of rotatable bonds is 4. The summed E-state index contributed by atoms with van der Waals surface area (Å²) in [4.78, 5) is 28.6. The van der Waals surface area contributed by atoms with Crippen LogP contribution in [0.3, 0.4) is 0 Å². The number of carboxylic acids is 1. The third kappa shape index (κ3) is 3.27. The molecule has 0 bridgehead atoms. The summed E-state index contributed by atoms with van der Waals surface area (Å²) in [5, 5.41) is 13.5. The highest BCUT2D eigenvalue weighted by Crippen LogP contribution is 2.20. The van der Waals surface area contributed by atoms with Crippen LogP contribution in [0.15, 0.2) is 5.38 Å². The number of nitrogens with one attached hydrogen (secondary N) is 1. The second-order valence-corrected chi connectivity index (χ2v) is 5.31. The summed E-state index contributed by atoms with van der Waals surface area (Å²) in [5.41, 5.74) is 0.478. The van der Waals surface area contributed by atoms with Crippen molar-refractivity contribution in [3.63, 3.8) is 0 Å². The van der Waals surface area contributed by atoms with Gasteiger partial charge in [-0.1, -0.05) is 0 Å². The Labute approximate surface area is 109 Å². The lowest BCUT2D eigenvalue weighted by Gasteiger charge is -2.09. The van der Waals surface area contributed by atoms with E-state index in [0.717, 1.165) is 19.5 Å². The summed E-state index contributed by atoms with van der Waals surface area (Å²) in [6.07, 6.45) is 0.744. The van der Waals surface area contributed by atoms with Gasteiger partial charge >= 0.3 is 5.97 Å². The normalized spacial score (nSPS) is 19.9. The molecular formula is C11H15N3O3S. The van der Waals surface area contributed by atoms with E-state index >= 15 is 0 Å². The molecule has 2 heterocycles. The molecule has 1 saturated heterocycles. The molecule has 1 unspecified atom stereocenters. The number of carbonyl (C=O) groups is 2. The van der Waals surface area contributed by atoms with Gasteiger partial charge in [0.2, 0.25) is 5.91 Å². The van der Waals surface area contributed by atoms with Crippen LogP contribution in [-0.2, 0) is 16.0 Å². The van der Waals surface area contributed by atoms with Gasteiger partial charge in [-0.05, 0) is 20.0 Å². The smallest absolute Gasteiger partial charge is 0.309 e. The number of carboxylic acid groups (broad SMARTS) is 1. The number of aromatic nitrogens is 1. The summed E-state index contributed by atoms with van der Waals surface area (Å²) >= 11 is 1.26. The first-order valence-corrected chi connectivity index (χ1v) is 6.58. The Bertz CT molecular complexity index is 460. The van der Waals surface area contributed by atoms with Gasteiger partial charge in [0.15, 0.2) is 5.13 Å². The third-order valence-corrected chi connectivity index (χ3v) is 3.68. The number of anilines is 1. The van der Waals surface area contributed by atoms with Crippen molar-refractivity contribution in [2.45, 2.75) is 12.8 Å². The van der Waals surface area contributed by atoms with Gasteiger partial charge in [-0.3, -0.25) is 9.59 Å². The van der Waals surface area contributed by atoms with Crippen molar-refractivity contribution in [2.24, 2.45) is 5.92 Å². The topological polar surface area (TPSA) is 82.5 Å². The molecule has 7 heteroatoms. The maximum atomic E-state index is 11.9. The molecule has 1 atom stereocenters. The summed E-state index contributed by atoms with van der Waals surface area (Å²) < 4.78 is 0. The third-order valence-electron chi connectivity index (χ3n) is 2.88. The molecule has 1 fully saturated rings. The van der Waals surface area contributed by atoms with Crippen LogP contribution in [0.25, 0.3) is 0 Å². The number of nitrogens with zero attached hydrogens (tertiary/aromatic N) is 2. The number of carbonyl (C=O) groups excluding carboxylic acids is 1. The molecule has 0 spiro atoms. The molecule has 98 valence electrons. The van der Waals surface area contributed by atoms with E-state index in [0.29, 0.717) is 10.8 Å². The summed E-state index contributed by atoms with van der Waals surface area (Å²) in [5.74, 6) is -0.951. The molecular weight excluding hydrogens is 254 g/mol. The van der Waals surface area contributed by atoms with E-state index in [1.165, 1.54) is 11.3 Å². The van der Waals surface area contributed by atoms with Crippen molar-refractivity contribution >= 4 is 28.3 Å². The molecule has 1 aromatic heterocycles. The van der Waals surface area contributed by atoms with E-state index < -0.39 is 5.97 Å². The molecule has 1 aliphatic heterocycles. The van der Waals surface area contributed by atoms with E-state index in [9.17, 15) is 9.59 Å². The lowest BCUT2D eigenvalue weighted by Crippen LogP contribution is -2.25. The molecule has 1 aliphatic rings. The van der Waals surface area contributed by atoms with E-state index in [4.69, 9.17) is 5.11 Å². The lowest BCUT2D eigenvalue weighted by atomic mass is 10.1. The molecule has 0 saturated carbocycles. The fraction of sp³-hybridized carbons (Fsp3) is 0.545. The Hall–Kier alpha value is -1.47. The molecule has 2 N–H and O–H groups in total. The van der Waals surface area contributed by atoms with Crippen molar-refractivity contribution in [2.75, 3.05) is 25.5 Å². The van der Waals surface area contributed by atoms with E-state index in [2.05, 4.69) is 15.2 Å². The standard InChI is InChI=1S/C11H15N3O3S/c1-14-3-2-7(5-14)10(17)13-11-12-8(6-18-11)4-9(15)16/h6-7H,2-5H2,1H3,(H,15,16)(H,12,13,17). The fourth-order valence-corrected chi connectivity index (χ4v) is 2.67. The van der Waals surface area contributed by atoms with Crippen molar-refractivity contribution in [1.82, 2.24) is 9.88 Å². The SMILES string of the molecule is CN1CCC(C(=O)Nc2nc(CC(=O)O)cs2)C1. The molecule has 0 radical (unpaired) electrons. The van der Waals surface area contributed by atoms with Gasteiger partial charge < -0.3 is 15.3 Å². The number of likely N-dealkylation sites (tertiary alicyclic amines) is 1. The minimum absolute atomic E-state index is 0.00169. The van der Waals surface area contributed by atoms with Crippen LogP contribution in [0.4, 0.5) is 5.13 Å². The van der Waals surface area contributed by atoms with Crippen LogP contribution in [0.2, 0.25) is 0 Å². The molecule has 2 rings (SSSR count). The van der Waals surface area contributed by atoms with Crippen LogP contribution < -0.4 is 5.32 Å². The zero-order valence-electron chi connectivity index (χ0n) is 10.0. The average molecular weight is 269 g/mol. The molecule has 0 aliphatic carbocycles.